The zero-order chi connectivity index (χ0) is 8.39. The predicted octanol–water partition coefficient (Wildman–Crippen LogP) is 0.795. The first kappa shape index (κ1) is 7.12. The molecule has 1 aromatic rings. The number of para-hydroxylation sites is 1. The molecule has 0 saturated heterocycles. The molecule has 4 heteroatoms. The molecule has 12 heavy (non-hydrogen) atoms. The van der Waals surface area contributed by atoms with E-state index in [-0.39, 0.29) is 0 Å². The van der Waals surface area contributed by atoms with Crippen LogP contribution in [-0.4, -0.2) is 17.5 Å². The summed E-state index contributed by atoms with van der Waals surface area (Å²) < 4.78 is 0. The topological polar surface area (TPSA) is 56.6 Å². The van der Waals surface area contributed by atoms with E-state index in [0.717, 1.165) is 17.0 Å². The molecule has 0 bridgehead atoms. The molecule has 0 amide bonds. The molecule has 0 atom stereocenters. The van der Waals surface area contributed by atoms with Gasteiger partial charge in [0, 0.05) is 11.3 Å². The molecule has 0 aromatic heterocycles. The van der Waals surface area contributed by atoms with E-state index in [9.17, 15) is 0 Å². The first-order valence-corrected chi connectivity index (χ1v) is 3.71. The molecule has 0 saturated carbocycles. The standard InChI is InChI=1S/C8H9N3O/c12-11-10-8-5-9-7-4-2-1-3-6(7)8/h1-4,9,11-12H,5H2. The van der Waals surface area contributed by atoms with Gasteiger partial charge in [-0.1, -0.05) is 18.2 Å². The molecule has 1 heterocycles. The van der Waals surface area contributed by atoms with E-state index < -0.39 is 0 Å². The third kappa shape index (κ3) is 1.02. The van der Waals surface area contributed by atoms with Gasteiger partial charge in [0.2, 0.25) is 0 Å². The molecule has 0 aliphatic carbocycles. The Morgan fingerprint density at radius 3 is 3.08 bits per heavy atom. The predicted molar refractivity (Wildman–Crippen MR) is 46.4 cm³/mol. The van der Waals surface area contributed by atoms with Gasteiger partial charge in [0.15, 0.2) is 0 Å². The largest absolute Gasteiger partial charge is 0.379 e. The van der Waals surface area contributed by atoms with E-state index in [2.05, 4.69) is 10.4 Å². The van der Waals surface area contributed by atoms with Gasteiger partial charge in [-0.3, -0.25) is 5.21 Å². The summed E-state index contributed by atoms with van der Waals surface area (Å²) in [4.78, 5) is 0. The van der Waals surface area contributed by atoms with Crippen LogP contribution in [0, 0.1) is 0 Å². The zero-order valence-corrected chi connectivity index (χ0v) is 6.41. The van der Waals surface area contributed by atoms with Crippen molar-refractivity contribution >= 4 is 11.4 Å². The number of hydrazone groups is 1. The van der Waals surface area contributed by atoms with Crippen molar-refractivity contribution in [3.63, 3.8) is 0 Å². The van der Waals surface area contributed by atoms with Crippen molar-refractivity contribution in [3.8, 4) is 0 Å². The van der Waals surface area contributed by atoms with Gasteiger partial charge >= 0.3 is 0 Å². The normalized spacial score (nSPS) is 17.2. The number of benzene rings is 1. The summed E-state index contributed by atoms with van der Waals surface area (Å²) in [7, 11) is 0. The SMILES string of the molecule is ONN=C1CNc2ccccc21. The Bertz CT molecular complexity index is 322. The molecule has 4 nitrogen and oxygen atoms in total. The van der Waals surface area contributed by atoms with Gasteiger partial charge in [0.1, 0.15) is 0 Å². The van der Waals surface area contributed by atoms with Crippen molar-refractivity contribution in [2.75, 3.05) is 11.9 Å². The highest BCUT2D eigenvalue weighted by molar-refractivity contribution is 6.11. The van der Waals surface area contributed by atoms with Crippen molar-refractivity contribution in [2.24, 2.45) is 5.10 Å². The van der Waals surface area contributed by atoms with Crippen LogP contribution in [0.1, 0.15) is 5.56 Å². The van der Waals surface area contributed by atoms with Crippen LogP contribution in [0.3, 0.4) is 0 Å². The maximum absolute atomic E-state index is 8.39. The fourth-order valence-corrected chi connectivity index (χ4v) is 1.32. The maximum Gasteiger partial charge on any atom is 0.0911 e. The van der Waals surface area contributed by atoms with E-state index in [1.165, 1.54) is 0 Å². The molecule has 62 valence electrons. The summed E-state index contributed by atoms with van der Waals surface area (Å²) >= 11 is 0. The quantitative estimate of drug-likeness (QED) is 0.536. The molecule has 0 radical (unpaired) electrons. The number of anilines is 1. The highest BCUT2D eigenvalue weighted by Crippen LogP contribution is 2.20. The van der Waals surface area contributed by atoms with Crippen LogP contribution in [0.5, 0.6) is 0 Å². The minimum absolute atomic E-state index is 0.660. The highest BCUT2D eigenvalue weighted by atomic mass is 16.5. The van der Waals surface area contributed by atoms with Gasteiger partial charge in [-0.25, -0.2) is 0 Å². The van der Waals surface area contributed by atoms with Crippen molar-refractivity contribution in [3.05, 3.63) is 29.8 Å². The van der Waals surface area contributed by atoms with Crippen molar-refractivity contribution in [1.82, 2.24) is 5.59 Å². The van der Waals surface area contributed by atoms with Crippen molar-refractivity contribution < 1.29 is 5.21 Å². The molecule has 1 aliphatic rings. The van der Waals surface area contributed by atoms with Crippen molar-refractivity contribution in [1.29, 1.82) is 0 Å². The Kier molecular flexibility index (Phi) is 1.68. The molecule has 0 spiro atoms. The second kappa shape index (κ2) is 2.83. The van der Waals surface area contributed by atoms with Crippen LogP contribution in [0.2, 0.25) is 0 Å². The summed E-state index contributed by atoms with van der Waals surface area (Å²) in [5.74, 6) is 0. The fraction of sp³-hybridized carbons (Fsp3) is 0.125. The second-order valence-electron chi connectivity index (χ2n) is 2.56. The van der Waals surface area contributed by atoms with Crippen LogP contribution in [-0.2, 0) is 0 Å². The number of nitrogens with zero attached hydrogens (tertiary/aromatic N) is 1. The molecule has 2 rings (SSSR count). The molecule has 1 aromatic carbocycles. The zero-order valence-electron chi connectivity index (χ0n) is 6.41. The van der Waals surface area contributed by atoms with Gasteiger partial charge in [-0.15, -0.1) is 0 Å². The molecule has 1 aliphatic heterocycles. The van der Waals surface area contributed by atoms with E-state index in [4.69, 9.17) is 5.21 Å². The van der Waals surface area contributed by atoms with E-state index in [1.54, 1.807) is 5.59 Å². The third-order valence-corrected chi connectivity index (χ3v) is 1.87. The number of hydrogen-bond acceptors (Lipinski definition) is 4. The fourth-order valence-electron chi connectivity index (χ4n) is 1.32. The van der Waals surface area contributed by atoms with Crippen LogP contribution in [0.4, 0.5) is 5.69 Å². The molecular weight excluding hydrogens is 154 g/mol. The van der Waals surface area contributed by atoms with Crippen LogP contribution in [0.25, 0.3) is 0 Å². The van der Waals surface area contributed by atoms with E-state index >= 15 is 0 Å². The third-order valence-electron chi connectivity index (χ3n) is 1.87. The molecule has 0 unspecified atom stereocenters. The summed E-state index contributed by atoms with van der Waals surface area (Å²) in [5.41, 5.74) is 4.73. The average Bonchev–Trinajstić information content (AvgIpc) is 2.50. The maximum atomic E-state index is 8.39. The van der Waals surface area contributed by atoms with E-state index in [0.29, 0.717) is 6.54 Å². The van der Waals surface area contributed by atoms with Crippen LogP contribution in [0.15, 0.2) is 29.4 Å². The first-order valence-electron chi connectivity index (χ1n) is 3.71. The Balaban J connectivity index is 2.43. The summed E-state index contributed by atoms with van der Waals surface area (Å²) in [6.45, 7) is 0.660. The van der Waals surface area contributed by atoms with Gasteiger partial charge in [-0.2, -0.15) is 10.7 Å². The second-order valence-corrected chi connectivity index (χ2v) is 2.56. The Hall–Kier alpha value is -1.55. The average molecular weight is 163 g/mol. The van der Waals surface area contributed by atoms with E-state index in [1.807, 2.05) is 24.3 Å². The van der Waals surface area contributed by atoms with Gasteiger partial charge < -0.3 is 5.32 Å². The smallest absolute Gasteiger partial charge is 0.0911 e. The highest BCUT2D eigenvalue weighted by Gasteiger charge is 2.15. The van der Waals surface area contributed by atoms with Gasteiger partial charge in [0.25, 0.3) is 0 Å². The van der Waals surface area contributed by atoms with Gasteiger partial charge in [-0.05, 0) is 6.07 Å². The summed E-state index contributed by atoms with van der Waals surface area (Å²) in [6, 6.07) is 7.85. The summed E-state index contributed by atoms with van der Waals surface area (Å²) in [6.07, 6.45) is 0. The van der Waals surface area contributed by atoms with Crippen molar-refractivity contribution in [2.45, 2.75) is 0 Å². The Morgan fingerprint density at radius 1 is 1.42 bits per heavy atom. The Labute approximate surface area is 69.9 Å². The number of nitrogens with one attached hydrogen (secondary N) is 2. The lowest BCUT2D eigenvalue weighted by Crippen LogP contribution is -2.09. The molecule has 0 fully saturated rings. The minimum atomic E-state index is 0.660. The molecule has 3 N–H and O–H groups in total. The lowest BCUT2D eigenvalue weighted by atomic mass is 10.1. The molecular formula is C8H9N3O. The van der Waals surface area contributed by atoms with Gasteiger partial charge in [0.05, 0.1) is 12.3 Å². The number of fused-ring (bicyclic) bond motifs is 1. The Morgan fingerprint density at radius 2 is 2.25 bits per heavy atom. The lowest BCUT2D eigenvalue weighted by Gasteiger charge is -1.95. The minimum Gasteiger partial charge on any atom is -0.379 e. The lowest BCUT2D eigenvalue weighted by molar-refractivity contribution is 0.172. The van der Waals surface area contributed by atoms with Crippen LogP contribution >= 0.6 is 0 Å². The number of hydrogen-bond donors (Lipinski definition) is 3. The number of rotatable bonds is 1. The monoisotopic (exact) mass is 163 g/mol. The summed E-state index contributed by atoms with van der Waals surface area (Å²) in [5, 5.41) is 15.3. The first-order chi connectivity index (χ1) is 5.92. The van der Waals surface area contributed by atoms with Crippen LogP contribution < -0.4 is 10.9 Å².